The largest absolute Gasteiger partial charge is 0.346 e. The van der Waals surface area contributed by atoms with E-state index < -0.39 is 0 Å². The number of piperazine rings is 3. The molecular formula is C19H21N2OS+. The Balaban J connectivity index is 1.50. The Labute approximate surface area is 141 Å². The molecule has 2 bridgehead atoms. The molecule has 0 aromatic heterocycles. The normalized spacial score (nSPS) is 26.2. The first kappa shape index (κ1) is 14.9. The van der Waals surface area contributed by atoms with E-state index in [0.29, 0.717) is 10.4 Å². The van der Waals surface area contributed by atoms with Crippen molar-refractivity contribution in [1.82, 2.24) is 4.90 Å². The molecule has 0 saturated carbocycles. The summed E-state index contributed by atoms with van der Waals surface area (Å²) in [6.07, 6.45) is 0. The van der Waals surface area contributed by atoms with Crippen molar-refractivity contribution in [3.05, 3.63) is 60.2 Å². The van der Waals surface area contributed by atoms with Gasteiger partial charge in [-0.05, 0) is 36.4 Å². The molecule has 4 heteroatoms. The highest BCUT2D eigenvalue weighted by atomic mass is 32.2. The van der Waals surface area contributed by atoms with Gasteiger partial charge >= 0.3 is 5.91 Å². The van der Waals surface area contributed by atoms with E-state index in [1.165, 1.54) is 9.79 Å². The lowest BCUT2D eigenvalue weighted by molar-refractivity contribution is -0.864. The molecule has 3 aliphatic rings. The lowest BCUT2D eigenvalue weighted by Crippen LogP contribution is -2.69. The number of rotatable bonds is 3. The van der Waals surface area contributed by atoms with E-state index in [0.717, 1.165) is 44.8 Å². The second kappa shape index (κ2) is 6.11. The standard InChI is InChI=1S/C19H21N2OS/c22-19(21-13-10-20(11-14-21)12-15-21)16-6-8-18(9-7-16)23-17-4-2-1-3-5-17/h1-9H,10-15H2/q+1. The highest BCUT2D eigenvalue weighted by Crippen LogP contribution is 2.29. The van der Waals surface area contributed by atoms with Gasteiger partial charge in [0, 0.05) is 29.4 Å². The molecule has 3 fully saturated rings. The van der Waals surface area contributed by atoms with Gasteiger partial charge in [-0.25, -0.2) is 4.79 Å². The van der Waals surface area contributed by atoms with E-state index in [9.17, 15) is 4.79 Å². The second-order valence-electron chi connectivity index (χ2n) is 6.40. The molecule has 3 nitrogen and oxygen atoms in total. The van der Waals surface area contributed by atoms with Crippen LogP contribution in [0.4, 0.5) is 0 Å². The van der Waals surface area contributed by atoms with Crippen molar-refractivity contribution < 1.29 is 9.28 Å². The number of benzene rings is 2. The quantitative estimate of drug-likeness (QED) is 0.809. The molecule has 0 N–H and O–H groups in total. The van der Waals surface area contributed by atoms with Gasteiger partial charge in [0.2, 0.25) is 0 Å². The van der Waals surface area contributed by atoms with Crippen molar-refractivity contribution in [3.63, 3.8) is 0 Å². The highest BCUT2D eigenvalue weighted by molar-refractivity contribution is 7.99. The zero-order valence-electron chi connectivity index (χ0n) is 13.1. The lowest BCUT2D eigenvalue weighted by atomic mass is 10.1. The van der Waals surface area contributed by atoms with Crippen LogP contribution in [0.5, 0.6) is 0 Å². The monoisotopic (exact) mass is 325 g/mol. The fourth-order valence-electron chi connectivity index (χ4n) is 3.54. The molecule has 1 amide bonds. The van der Waals surface area contributed by atoms with Crippen molar-refractivity contribution in [2.24, 2.45) is 0 Å². The Morgan fingerprint density at radius 1 is 0.826 bits per heavy atom. The molecule has 0 unspecified atom stereocenters. The maximum Gasteiger partial charge on any atom is 0.346 e. The molecule has 0 aliphatic carbocycles. The van der Waals surface area contributed by atoms with Crippen molar-refractivity contribution in [1.29, 1.82) is 0 Å². The van der Waals surface area contributed by atoms with Crippen molar-refractivity contribution in [3.8, 4) is 0 Å². The van der Waals surface area contributed by atoms with Crippen LogP contribution in [-0.4, -0.2) is 54.6 Å². The fourth-order valence-corrected chi connectivity index (χ4v) is 4.38. The summed E-state index contributed by atoms with van der Waals surface area (Å²) in [7, 11) is 0. The maximum atomic E-state index is 13.0. The Bertz CT molecular complexity index is 677. The minimum absolute atomic E-state index is 0.306. The Morgan fingerprint density at radius 3 is 2.00 bits per heavy atom. The molecule has 0 spiro atoms. The van der Waals surface area contributed by atoms with E-state index in [1.807, 2.05) is 30.3 Å². The first-order valence-electron chi connectivity index (χ1n) is 8.22. The Morgan fingerprint density at radius 2 is 1.39 bits per heavy atom. The summed E-state index contributed by atoms with van der Waals surface area (Å²) >= 11 is 1.73. The van der Waals surface area contributed by atoms with Crippen molar-refractivity contribution in [2.45, 2.75) is 9.79 Å². The average molecular weight is 325 g/mol. The summed E-state index contributed by atoms with van der Waals surface area (Å²) in [6, 6.07) is 18.5. The Kier molecular flexibility index (Phi) is 3.97. The number of hydrogen-bond acceptors (Lipinski definition) is 3. The van der Waals surface area contributed by atoms with Crippen molar-refractivity contribution in [2.75, 3.05) is 39.3 Å². The first-order valence-corrected chi connectivity index (χ1v) is 9.03. The molecule has 2 aromatic rings. The molecule has 0 atom stereocenters. The summed E-state index contributed by atoms with van der Waals surface area (Å²) in [6.45, 7) is 6.10. The van der Waals surface area contributed by atoms with Crippen LogP contribution in [0.1, 0.15) is 10.4 Å². The average Bonchev–Trinajstić information content (AvgIpc) is 2.64. The van der Waals surface area contributed by atoms with Gasteiger partial charge in [-0.15, -0.1) is 0 Å². The number of fused-ring (bicyclic) bond motifs is 3. The first-order chi connectivity index (χ1) is 11.3. The van der Waals surface area contributed by atoms with Gasteiger partial charge in [0.05, 0.1) is 25.2 Å². The third-order valence-electron chi connectivity index (χ3n) is 5.04. The number of amides is 1. The van der Waals surface area contributed by atoms with Gasteiger partial charge in [-0.3, -0.25) is 9.38 Å². The summed E-state index contributed by atoms with van der Waals surface area (Å²) in [5.74, 6) is 0.306. The number of carbonyl (C=O) groups excluding carboxylic acids is 1. The minimum atomic E-state index is 0.306. The third kappa shape index (κ3) is 2.94. The van der Waals surface area contributed by atoms with Crippen LogP contribution in [0.3, 0.4) is 0 Å². The van der Waals surface area contributed by atoms with Gasteiger partial charge in [0.25, 0.3) is 0 Å². The van der Waals surface area contributed by atoms with Crippen molar-refractivity contribution >= 4 is 17.7 Å². The third-order valence-corrected chi connectivity index (χ3v) is 6.06. The lowest BCUT2D eigenvalue weighted by Gasteiger charge is -2.48. The summed E-state index contributed by atoms with van der Waals surface area (Å²) in [4.78, 5) is 17.9. The SMILES string of the molecule is O=C(c1ccc(Sc2ccccc2)cc1)[N+]12CCN(CC1)CC2. The van der Waals surface area contributed by atoms with Crippen LogP contribution in [-0.2, 0) is 0 Å². The van der Waals surface area contributed by atoms with Gasteiger partial charge < -0.3 is 0 Å². The van der Waals surface area contributed by atoms with Gasteiger partial charge in [0.1, 0.15) is 0 Å². The maximum absolute atomic E-state index is 13.0. The molecule has 3 aliphatic heterocycles. The van der Waals surface area contributed by atoms with Gasteiger partial charge in [-0.1, -0.05) is 30.0 Å². The van der Waals surface area contributed by atoms with E-state index >= 15 is 0 Å². The van der Waals surface area contributed by atoms with E-state index in [-0.39, 0.29) is 0 Å². The second-order valence-corrected chi connectivity index (χ2v) is 7.55. The summed E-state index contributed by atoms with van der Waals surface area (Å²) in [5.41, 5.74) is 0.859. The molecule has 0 radical (unpaired) electrons. The smallest absolute Gasteiger partial charge is 0.287 e. The van der Waals surface area contributed by atoms with Gasteiger partial charge in [0.15, 0.2) is 0 Å². The number of carbonyl (C=O) groups is 1. The number of nitrogens with zero attached hydrogens (tertiary/aromatic N) is 2. The van der Waals surface area contributed by atoms with Crippen LogP contribution in [0, 0.1) is 0 Å². The van der Waals surface area contributed by atoms with Crippen LogP contribution in [0.25, 0.3) is 0 Å². The molecule has 5 rings (SSSR count). The Hall–Kier alpha value is -1.62. The predicted octanol–water partition coefficient (Wildman–Crippen LogP) is 3.12. The molecule has 23 heavy (non-hydrogen) atoms. The van der Waals surface area contributed by atoms with Crippen LogP contribution < -0.4 is 0 Å². The number of hydrogen-bond donors (Lipinski definition) is 0. The van der Waals surface area contributed by atoms with Gasteiger partial charge in [-0.2, -0.15) is 0 Å². The zero-order valence-corrected chi connectivity index (χ0v) is 14.0. The fraction of sp³-hybridized carbons (Fsp3) is 0.316. The minimum Gasteiger partial charge on any atom is -0.287 e. The van der Waals surface area contributed by atoms with E-state index in [4.69, 9.17) is 0 Å². The number of quaternary nitrogens is 1. The topological polar surface area (TPSA) is 20.3 Å². The van der Waals surface area contributed by atoms with Crippen LogP contribution in [0.2, 0.25) is 0 Å². The highest BCUT2D eigenvalue weighted by Gasteiger charge is 2.44. The molecular weight excluding hydrogens is 304 g/mol. The van der Waals surface area contributed by atoms with E-state index in [1.54, 1.807) is 11.8 Å². The summed E-state index contributed by atoms with van der Waals surface area (Å²) in [5, 5.41) is 0. The van der Waals surface area contributed by atoms with Crippen LogP contribution >= 0.6 is 11.8 Å². The summed E-state index contributed by atoms with van der Waals surface area (Å²) < 4.78 is 0.654. The predicted molar refractivity (Wildman–Crippen MR) is 92.6 cm³/mol. The molecule has 3 saturated heterocycles. The zero-order chi connectivity index (χ0) is 15.7. The van der Waals surface area contributed by atoms with Crippen LogP contribution in [0.15, 0.2) is 64.4 Å². The molecule has 118 valence electrons. The van der Waals surface area contributed by atoms with E-state index in [2.05, 4.69) is 29.2 Å². The molecule has 2 aromatic carbocycles. The molecule has 3 heterocycles.